The lowest BCUT2D eigenvalue weighted by Crippen LogP contribution is -2.47. The lowest BCUT2D eigenvalue weighted by atomic mass is 10.0. The fourth-order valence-electron chi connectivity index (χ4n) is 10.1. The molecular formula is C77H137N2O7P. The predicted molar refractivity (Wildman–Crippen MR) is 376 cm³/mol. The smallest absolute Gasteiger partial charge is 0.306 e. The number of hydrogen-bond acceptors (Lipinski definition) is 7. The van der Waals surface area contributed by atoms with Crippen LogP contribution in [0.4, 0.5) is 0 Å². The topological polar surface area (TPSA) is 114 Å². The number of amides is 1. The minimum atomic E-state index is -4.72. The number of hydrogen-bond donors (Lipinski definition) is 1. The summed E-state index contributed by atoms with van der Waals surface area (Å²) in [5.74, 6) is -0.567. The number of phosphoric acid groups is 1. The number of nitrogens with one attached hydrogen (secondary N) is 1. The number of phosphoric ester groups is 1. The summed E-state index contributed by atoms with van der Waals surface area (Å²) >= 11 is 0. The van der Waals surface area contributed by atoms with E-state index in [1.165, 1.54) is 167 Å². The zero-order chi connectivity index (χ0) is 63.5. The molecule has 3 atom stereocenters. The van der Waals surface area contributed by atoms with Gasteiger partial charge in [-0.3, -0.25) is 14.2 Å². The Morgan fingerprint density at radius 3 is 1.13 bits per heavy atom. The molecule has 87 heavy (non-hydrogen) atoms. The molecular weight excluding hydrogens is 1100 g/mol. The third kappa shape index (κ3) is 66.9. The third-order valence-corrected chi connectivity index (χ3v) is 16.7. The largest absolute Gasteiger partial charge is 0.756 e. The number of nitrogens with zero attached hydrogens (tertiary/aromatic N) is 1. The molecule has 1 amide bonds. The van der Waals surface area contributed by atoms with Gasteiger partial charge < -0.3 is 28.5 Å². The first-order chi connectivity index (χ1) is 42.4. The summed E-state index contributed by atoms with van der Waals surface area (Å²) in [5.41, 5.74) is 0. The summed E-state index contributed by atoms with van der Waals surface area (Å²) in [5, 5.41) is 3.04. The van der Waals surface area contributed by atoms with Gasteiger partial charge in [0, 0.05) is 12.8 Å². The number of unbranched alkanes of at least 4 members (excludes halogenated alkanes) is 33. The van der Waals surface area contributed by atoms with Crippen molar-refractivity contribution in [3.05, 3.63) is 109 Å². The van der Waals surface area contributed by atoms with Crippen molar-refractivity contribution in [2.24, 2.45) is 0 Å². The maximum Gasteiger partial charge on any atom is 0.306 e. The number of carbonyl (C=O) groups excluding carboxylic acids is 2. The van der Waals surface area contributed by atoms with Gasteiger partial charge in [0.25, 0.3) is 7.82 Å². The van der Waals surface area contributed by atoms with Gasteiger partial charge >= 0.3 is 5.97 Å². The van der Waals surface area contributed by atoms with Crippen molar-refractivity contribution >= 4 is 19.7 Å². The van der Waals surface area contributed by atoms with Gasteiger partial charge in [0.1, 0.15) is 19.3 Å². The molecule has 0 bridgehead atoms. The monoisotopic (exact) mass is 1230 g/mol. The Balaban J connectivity index is 5.03. The summed E-state index contributed by atoms with van der Waals surface area (Å²) in [6.45, 7) is 6.70. The quantitative estimate of drug-likeness (QED) is 0.0212. The molecule has 502 valence electrons. The molecule has 0 saturated heterocycles. The lowest BCUT2D eigenvalue weighted by molar-refractivity contribution is -0.870. The Hall–Kier alpha value is -3.33. The van der Waals surface area contributed by atoms with Crippen LogP contribution in [0.15, 0.2) is 109 Å². The zero-order valence-corrected chi connectivity index (χ0v) is 58.3. The van der Waals surface area contributed by atoms with Crippen molar-refractivity contribution in [3.63, 3.8) is 0 Å². The van der Waals surface area contributed by atoms with Gasteiger partial charge in [-0.15, -0.1) is 0 Å². The fraction of sp³-hybridized carbons (Fsp3) is 0.740. The highest BCUT2D eigenvalue weighted by molar-refractivity contribution is 7.45. The second-order valence-corrected chi connectivity index (χ2v) is 26.8. The number of allylic oxidation sites excluding steroid dienone is 17. The van der Waals surface area contributed by atoms with Crippen LogP contribution in [0, 0.1) is 0 Å². The normalized spacial score (nSPS) is 14.1. The molecule has 0 saturated carbocycles. The number of quaternary nitrogens is 1. The third-order valence-electron chi connectivity index (χ3n) is 15.7. The average Bonchev–Trinajstić information content (AvgIpc) is 3.70. The van der Waals surface area contributed by atoms with Crippen LogP contribution in [0.3, 0.4) is 0 Å². The van der Waals surface area contributed by atoms with Crippen molar-refractivity contribution in [2.75, 3.05) is 40.9 Å². The van der Waals surface area contributed by atoms with E-state index >= 15 is 0 Å². The SMILES string of the molecule is CC/C=C\C/C=C\C/C=C\C/C=C\C/C=C\C/C=C\CCCCCCC(=O)OC(/C=C\CCCCCCCCCCC)C(COP(=O)([O-])OCC[N+](C)(C)C)NC(=O)CCCCCCCCCCCCCCCCCCC/C=C\C/C=C\CCCCC. The molecule has 0 aliphatic rings. The van der Waals surface area contributed by atoms with E-state index in [9.17, 15) is 19.0 Å². The average molecular weight is 1230 g/mol. The summed E-state index contributed by atoms with van der Waals surface area (Å²) in [6, 6.07) is -0.906. The highest BCUT2D eigenvalue weighted by Crippen LogP contribution is 2.38. The molecule has 0 aromatic heterocycles. The number of carbonyl (C=O) groups is 2. The van der Waals surface area contributed by atoms with Crippen LogP contribution >= 0.6 is 7.82 Å². The van der Waals surface area contributed by atoms with Gasteiger partial charge in [-0.2, -0.15) is 0 Å². The minimum Gasteiger partial charge on any atom is -0.756 e. The molecule has 0 aromatic carbocycles. The van der Waals surface area contributed by atoms with Crippen molar-refractivity contribution in [3.8, 4) is 0 Å². The van der Waals surface area contributed by atoms with E-state index in [1.54, 1.807) is 0 Å². The van der Waals surface area contributed by atoms with Crippen LogP contribution in [0.1, 0.15) is 316 Å². The van der Waals surface area contributed by atoms with E-state index in [1.807, 2.05) is 33.3 Å². The van der Waals surface area contributed by atoms with Crippen LogP contribution in [-0.4, -0.2) is 69.4 Å². The molecule has 1 N–H and O–H groups in total. The van der Waals surface area contributed by atoms with Gasteiger partial charge in [0.2, 0.25) is 5.91 Å². The minimum absolute atomic E-state index is 0.0306. The Kier molecular flexibility index (Phi) is 63.1. The predicted octanol–water partition coefficient (Wildman–Crippen LogP) is 22.6. The van der Waals surface area contributed by atoms with Crippen molar-refractivity contribution in [1.29, 1.82) is 0 Å². The molecule has 10 heteroatoms. The van der Waals surface area contributed by atoms with Gasteiger partial charge in [0.15, 0.2) is 0 Å². The van der Waals surface area contributed by atoms with Crippen molar-refractivity contribution in [1.82, 2.24) is 5.32 Å². The lowest BCUT2D eigenvalue weighted by Gasteiger charge is -2.30. The standard InChI is InChI=1S/C77H137N2O7P/c1-7-10-13-16-19-22-25-27-29-31-33-35-37-38-39-40-42-43-45-47-49-51-54-57-60-63-66-69-76(80)78-74(73-85-87(82,83)84-72-71-79(4,5)6)75(68-65-62-59-56-53-24-21-18-15-12-9-3)86-77(81)70-67-64-61-58-55-52-50-48-46-44-41-36-34-32-30-28-26-23-20-17-14-11-8-2/h11,14,19-20,22-23,27-30,34,36,44,46,50,52,65,68,74-75H,7-10,12-13,15-18,21,24-26,31-33,35,37-43,45,47-49,51,53-64,66-67,69-73H2,1-6H3,(H-,78,80,82,83)/b14-11-,22-19-,23-20-,29-27-,30-28-,36-34-,46-44-,52-50-,68-65-. The van der Waals surface area contributed by atoms with Gasteiger partial charge in [-0.1, -0.05) is 297 Å². The van der Waals surface area contributed by atoms with Crippen LogP contribution < -0.4 is 10.2 Å². The summed E-state index contributed by atoms with van der Waals surface area (Å²) in [4.78, 5) is 40.2. The maximum atomic E-state index is 13.6. The first-order valence-corrected chi connectivity index (χ1v) is 37.7. The van der Waals surface area contributed by atoms with Crippen molar-refractivity contribution < 1.29 is 37.3 Å². The van der Waals surface area contributed by atoms with E-state index in [2.05, 4.69) is 123 Å². The first-order valence-electron chi connectivity index (χ1n) is 36.2. The number of ether oxygens (including phenoxy) is 1. The second-order valence-electron chi connectivity index (χ2n) is 25.4. The molecule has 0 fully saturated rings. The molecule has 9 nitrogen and oxygen atoms in total. The van der Waals surface area contributed by atoms with E-state index in [4.69, 9.17) is 13.8 Å². The molecule has 0 heterocycles. The van der Waals surface area contributed by atoms with Crippen LogP contribution in [0.5, 0.6) is 0 Å². The maximum absolute atomic E-state index is 13.6. The molecule has 0 radical (unpaired) electrons. The Labute approximate surface area is 538 Å². The molecule has 0 aromatic rings. The van der Waals surface area contributed by atoms with E-state index in [0.717, 1.165) is 109 Å². The zero-order valence-electron chi connectivity index (χ0n) is 57.4. The summed E-state index contributed by atoms with van der Waals surface area (Å²) in [6.07, 6.45) is 90.8. The van der Waals surface area contributed by atoms with Crippen LogP contribution in [0.2, 0.25) is 0 Å². The number of likely N-dealkylation sites (N-methyl/N-ethyl adjacent to an activating group) is 1. The Morgan fingerprint density at radius 1 is 0.414 bits per heavy atom. The number of rotatable bonds is 65. The van der Waals surface area contributed by atoms with Gasteiger partial charge in [-0.25, -0.2) is 0 Å². The highest BCUT2D eigenvalue weighted by atomic mass is 31.2. The van der Waals surface area contributed by atoms with E-state index < -0.39 is 26.6 Å². The van der Waals surface area contributed by atoms with Gasteiger partial charge in [-0.05, 0) is 115 Å². The second kappa shape index (κ2) is 65.6. The summed E-state index contributed by atoms with van der Waals surface area (Å²) in [7, 11) is 1.16. The highest BCUT2D eigenvalue weighted by Gasteiger charge is 2.27. The first kappa shape index (κ1) is 83.7. The number of esters is 1. The van der Waals surface area contributed by atoms with E-state index in [-0.39, 0.29) is 24.9 Å². The Morgan fingerprint density at radius 2 is 0.736 bits per heavy atom. The van der Waals surface area contributed by atoms with Crippen LogP contribution in [0.25, 0.3) is 0 Å². The molecule has 3 unspecified atom stereocenters. The molecule has 0 aliphatic carbocycles. The molecule has 0 spiro atoms. The fourth-order valence-corrected chi connectivity index (χ4v) is 10.9. The Bertz CT molecular complexity index is 1860. The molecule has 0 rings (SSSR count). The summed E-state index contributed by atoms with van der Waals surface area (Å²) < 4.78 is 30.4. The van der Waals surface area contributed by atoms with E-state index in [0.29, 0.717) is 23.9 Å². The molecule has 0 aliphatic heterocycles. The van der Waals surface area contributed by atoms with Crippen molar-refractivity contribution in [2.45, 2.75) is 328 Å². The van der Waals surface area contributed by atoms with Gasteiger partial charge in [0.05, 0.1) is 33.8 Å². The van der Waals surface area contributed by atoms with Crippen LogP contribution in [-0.2, 0) is 27.9 Å².